The Balaban J connectivity index is 0. The SMILES string of the molecule is CC(C)(C)OC(=O)OC(=O)OC(C)(C)C.CCOC(=O)CN. The molecule has 0 saturated heterocycles. The molecule has 0 aromatic carbocycles. The van der Waals surface area contributed by atoms with Crippen LogP contribution in [-0.2, 0) is 23.7 Å². The number of esters is 1. The molecule has 0 aliphatic rings. The van der Waals surface area contributed by atoms with Crippen LogP contribution in [0.1, 0.15) is 48.5 Å². The summed E-state index contributed by atoms with van der Waals surface area (Å²) in [5, 5.41) is 0. The third-order valence-electron chi connectivity index (χ3n) is 1.42. The summed E-state index contributed by atoms with van der Waals surface area (Å²) in [5.41, 5.74) is 3.49. The van der Waals surface area contributed by atoms with Crippen molar-refractivity contribution in [2.45, 2.75) is 59.7 Å². The van der Waals surface area contributed by atoms with Crippen LogP contribution in [0.3, 0.4) is 0 Å². The molecule has 0 saturated carbocycles. The zero-order chi connectivity index (χ0) is 18.0. The zero-order valence-corrected chi connectivity index (χ0v) is 14.3. The molecule has 0 aliphatic heterocycles. The van der Waals surface area contributed by atoms with E-state index >= 15 is 0 Å². The van der Waals surface area contributed by atoms with E-state index in [1.165, 1.54) is 0 Å². The zero-order valence-electron chi connectivity index (χ0n) is 14.3. The second kappa shape index (κ2) is 9.99. The Labute approximate surface area is 131 Å². The fourth-order valence-corrected chi connectivity index (χ4v) is 0.830. The van der Waals surface area contributed by atoms with Gasteiger partial charge < -0.3 is 24.7 Å². The van der Waals surface area contributed by atoms with Crippen molar-refractivity contribution in [1.29, 1.82) is 0 Å². The Hall–Kier alpha value is -1.83. The molecule has 2 N–H and O–H groups in total. The highest BCUT2D eigenvalue weighted by Crippen LogP contribution is 2.11. The lowest BCUT2D eigenvalue weighted by molar-refractivity contribution is -0.141. The summed E-state index contributed by atoms with van der Waals surface area (Å²) in [5.74, 6) is -0.345. The quantitative estimate of drug-likeness (QED) is 0.468. The van der Waals surface area contributed by atoms with Gasteiger partial charge in [-0.2, -0.15) is 0 Å². The Morgan fingerprint density at radius 3 is 1.41 bits per heavy atom. The van der Waals surface area contributed by atoms with E-state index in [0.717, 1.165) is 0 Å². The Morgan fingerprint density at radius 2 is 1.23 bits per heavy atom. The minimum Gasteiger partial charge on any atom is -0.465 e. The first kappa shape index (κ1) is 22.5. The molecule has 0 fully saturated rings. The lowest BCUT2D eigenvalue weighted by atomic mass is 10.2. The molecular weight excluding hydrogens is 294 g/mol. The number of hydrogen-bond donors (Lipinski definition) is 1. The standard InChI is InChI=1S/C10H18O5.C4H9NO2/c1-9(2,3)14-7(11)13-8(12)15-10(4,5)6;1-2-7-4(6)3-5/h1-6H3;2-3,5H2,1H3. The molecule has 0 atom stereocenters. The van der Waals surface area contributed by atoms with Crippen molar-refractivity contribution in [1.82, 2.24) is 0 Å². The van der Waals surface area contributed by atoms with Gasteiger partial charge in [0.05, 0.1) is 13.2 Å². The first-order chi connectivity index (χ1) is 9.80. The summed E-state index contributed by atoms with van der Waals surface area (Å²) in [6.07, 6.45) is -2.12. The second-order valence-electron chi connectivity index (χ2n) is 6.04. The van der Waals surface area contributed by atoms with Crippen molar-refractivity contribution in [2.24, 2.45) is 5.73 Å². The minimum absolute atomic E-state index is 0.0200. The Kier molecular flexibility index (Phi) is 10.2. The van der Waals surface area contributed by atoms with Gasteiger partial charge in [-0.25, -0.2) is 9.59 Å². The summed E-state index contributed by atoms with van der Waals surface area (Å²) in [4.78, 5) is 32.1. The highest BCUT2D eigenvalue weighted by atomic mass is 16.8. The molecule has 0 unspecified atom stereocenters. The van der Waals surface area contributed by atoms with E-state index in [0.29, 0.717) is 6.61 Å². The van der Waals surface area contributed by atoms with Crippen molar-refractivity contribution in [2.75, 3.05) is 13.2 Å². The van der Waals surface area contributed by atoms with Crippen LogP contribution < -0.4 is 5.73 Å². The summed E-state index contributed by atoms with van der Waals surface area (Å²) in [6, 6.07) is 0. The van der Waals surface area contributed by atoms with Gasteiger partial charge in [-0.15, -0.1) is 0 Å². The maximum atomic E-state index is 11.0. The molecule has 0 aromatic rings. The predicted molar refractivity (Wildman–Crippen MR) is 79.2 cm³/mol. The number of nitrogens with two attached hydrogens (primary N) is 1. The Bertz CT molecular complexity index is 340. The number of ether oxygens (including phenoxy) is 4. The van der Waals surface area contributed by atoms with Gasteiger partial charge in [-0.3, -0.25) is 4.79 Å². The van der Waals surface area contributed by atoms with E-state index in [4.69, 9.17) is 15.2 Å². The van der Waals surface area contributed by atoms with E-state index in [9.17, 15) is 14.4 Å². The van der Waals surface area contributed by atoms with Gasteiger partial charge in [0, 0.05) is 0 Å². The van der Waals surface area contributed by atoms with E-state index < -0.39 is 23.5 Å². The fourth-order valence-electron chi connectivity index (χ4n) is 0.830. The Morgan fingerprint density at radius 1 is 0.864 bits per heavy atom. The van der Waals surface area contributed by atoms with Crippen LogP contribution in [0.25, 0.3) is 0 Å². The number of carbonyl (C=O) groups excluding carboxylic acids is 3. The van der Waals surface area contributed by atoms with Crippen molar-refractivity contribution in [3.8, 4) is 0 Å². The summed E-state index contributed by atoms with van der Waals surface area (Å²) >= 11 is 0. The van der Waals surface area contributed by atoms with Crippen molar-refractivity contribution in [3.63, 3.8) is 0 Å². The first-order valence-electron chi connectivity index (χ1n) is 6.80. The maximum Gasteiger partial charge on any atom is 0.519 e. The van der Waals surface area contributed by atoms with Gasteiger partial charge in [0.15, 0.2) is 0 Å². The van der Waals surface area contributed by atoms with Crippen LogP contribution in [0.15, 0.2) is 0 Å². The van der Waals surface area contributed by atoms with Crippen molar-refractivity contribution < 1.29 is 33.3 Å². The van der Waals surface area contributed by atoms with Crippen LogP contribution in [0, 0.1) is 0 Å². The van der Waals surface area contributed by atoms with Gasteiger partial charge in [0.2, 0.25) is 0 Å². The third kappa shape index (κ3) is 18.2. The molecule has 0 aromatic heterocycles. The van der Waals surface area contributed by atoms with Crippen molar-refractivity contribution >= 4 is 18.3 Å². The van der Waals surface area contributed by atoms with Gasteiger partial charge in [0.25, 0.3) is 0 Å². The highest BCUT2D eigenvalue weighted by molar-refractivity contribution is 5.77. The lowest BCUT2D eigenvalue weighted by Crippen LogP contribution is -2.29. The average Bonchev–Trinajstić information content (AvgIpc) is 2.24. The monoisotopic (exact) mass is 321 g/mol. The minimum atomic E-state index is -1.06. The van der Waals surface area contributed by atoms with E-state index in [1.807, 2.05) is 0 Å². The van der Waals surface area contributed by atoms with Crippen LogP contribution in [0.5, 0.6) is 0 Å². The van der Waals surface area contributed by atoms with Crippen LogP contribution >= 0.6 is 0 Å². The van der Waals surface area contributed by atoms with Gasteiger partial charge in [0.1, 0.15) is 11.2 Å². The molecule has 0 spiro atoms. The maximum absolute atomic E-state index is 11.0. The van der Waals surface area contributed by atoms with Crippen LogP contribution in [0.2, 0.25) is 0 Å². The number of carbonyl (C=O) groups is 3. The number of hydrogen-bond acceptors (Lipinski definition) is 8. The largest absolute Gasteiger partial charge is 0.519 e. The molecule has 0 heterocycles. The number of rotatable bonds is 2. The summed E-state index contributed by atoms with van der Waals surface area (Å²) in [6.45, 7) is 12.2. The smallest absolute Gasteiger partial charge is 0.465 e. The van der Waals surface area contributed by atoms with Crippen LogP contribution in [0.4, 0.5) is 9.59 Å². The van der Waals surface area contributed by atoms with E-state index in [1.54, 1.807) is 48.5 Å². The lowest BCUT2D eigenvalue weighted by Gasteiger charge is -2.20. The summed E-state index contributed by atoms with van der Waals surface area (Å²) < 4.78 is 18.2. The molecule has 130 valence electrons. The molecule has 0 amide bonds. The molecule has 0 bridgehead atoms. The second-order valence-corrected chi connectivity index (χ2v) is 6.04. The van der Waals surface area contributed by atoms with Crippen molar-refractivity contribution in [3.05, 3.63) is 0 Å². The first-order valence-corrected chi connectivity index (χ1v) is 6.80. The molecule has 0 aliphatic carbocycles. The third-order valence-corrected chi connectivity index (χ3v) is 1.42. The van der Waals surface area contributed by atoms with E-state index in [-0.39, 0.29) is 12.5 Å². The molecular formula is C14H27NO7. The molecule has 0 rings (SSSR count). The average molecular weight is 321 g/mol. The fraction of sp³-hybridized carbons (Fsp3) is 0.786. The summed E-state index contributed by atoms with van der Waals surface area (Å²) in [7, 11) is 0. The molecule has 22 heavy (non-hydrogen) atoms. The van der Waals surface area contributed by atoms with Gasteiger partial charge >= 0.3 is 18.3 Å². The molecule has 8 nitrogen and oxygen atoms in total. The van der Waals surface area contributed by atoms with Gasteiger partial charge in [-0.05, 0) is 48.5 Å². The highest BCUT2D eigenvalue weighted by Gasteiger charge is 2.24. The molecule has 8 heteroatoms. The van der Waals surface area contributed by atoms with E-state index in [2.05, 4.69) is 9.47 Å². The predicted octanol–water partition coefficient (Wildman–Crippen LogP) is 2.38. The normalized spacial score (nSPS) is 10.7. The molecule has 0 radical (unpaired) electrons. The topological polar surface area (TPSA) is 114 Å². The van der Waals surface area contributed by atoms with Crippen LogP contribution in [-0.4, -0.2) is 42.6 Å². The van der Waals surface area contributed by atoms with Gasteiger partial charge in [-0.1, -0.05) is 0 Å².